The molecule has 0 N–H and O–H groups in total. The summed E-state index contributed by atoms with van der Waals surface area (Å²) in [6.45, 7) is 0. The highest BCUT2D eigenvalue weighted by Crippen LogP contribution is 2.23. The van der Waals surface area contributed by atoms with Gasteiger partial charge in [-0.25, -0.2) is 0 Å². The van der Waals surface area contributed by atoms with Crippen LogP contribution in [0.1, 0.15) is 5.56 Å². The first-order valence-electron chi connectivity index (χ1n) is 4.62. The minimum atomic E-state index is 0.990. The van der Waals surface area contributed by atoms with Gasteiger partial charge in [0.2, 0.25) is 0 Å². The molecule has 0 aliphatic carbocycles. The summed E-state index contributed by atoms with van der Waals surface area (Å²) < 4.78 is 1.13. The molecule has 3 heteroatoms. The van der Waals surface area contributed by atoms with Crippen LogP contribution in [0, 0.1) is 0 Å². The van der Waals surface area contributed by atoms with Gasteiger partial charge in [0.15, 0.2) is 0 Å². The molecule has 0 unspecified atom stereocenters. The summed E-state index contributed by atoms with van der Waals surface area (Å²) in [6, 6.07) is 12.4. The quantitative estimate of drug-likeness (QED) is 0.784. The van der Waals surface area contributed by atoms with Crippen molar-refractivity contribution in [1.29, 1.82) is 0 Å². The van der Waals surface area contributed by atoms with Gasteiger partial charge < -0.3 is 0 Å². The van der Waals surface area contributed by atoms with Gasteiger partial charge in [-0.1, -0.05) is 28.1 Å². The van der Waals surface area contributed by atoms with Crippen LogP contribution < -0.4 is 0 Å². The Morgan fingerprint density at radius 2 is 1.93 bits per heavy atom. The lowest BCUT2D eigenvalue weighted by atomic mass is 10.2. The molecule has 0 fully saturated rings. The monoisotopic (exact) mass is 279 g/mol. The number of hydrogen-bond acceptors (Lipinski definition) is 2. The van der Waals surface area contributed by atoms with Gasteiger partial charge >= 0.3 is 0 Å². The average molecular weight is 280 g/mol. The van der Waals surface area contributed by atoms with Crippen molar-refractivity contribution in [3.63, 3.8) is 0 Å². The summed E-state index contributed by atoms with van der Waals surface area (Å²) in [7, 11) is 0. The van der Waals surface area contributed by atoms with E-state index in [1.54, 1.807) is 0 Å². The summed E-state index contributed by atoms with van der Waals surface area (Å²) in [5.41, 5.74) is 1.33. The average Bonchev–Trinajstić information content (AvgIpc) is 2.28. The third kappa shape index (κ3) is 3.36. The van der Waals surface area contributed by atoms with E-state index in [9.17, 15) is 0 Å². The van der Waals surface area contributed by atoms with E-state index >= 15 is 0 Å². The summed E-state index contributed by atoms with van der Waals surface area (Å²) in [5, 5.41) is 0. The maximum Gasteiger partial charge on any atom is 0.0278 e. The van der Waals surface area contributed by atoms with E-state index < -0.39 is 0 Å². The summed E-state index contributed by atoms with van der Waals surface area (Å²) >= 11 is 5.29. The molecule has 2 rings (SSSR count). The molecule has 76 valence electrons. The van der Waals surface area contributed by atoms with Crippen LogP contribution in [0.5, 0.6) is 0 Å². The van der Waals surface area contributed by atoms with Crippen molar-refractivity contribution in [2.75, 3.05) is 0 Å². The highest BCUT2D eigenvalue weighted by atomic mass is 79.9. The molecule has 1 heterocycles. The molecule has 1 nitrogen and oxygen atoms in total. The first kappa shape index (κ1) is 10.7. The molecule has 0 spiro atoms. The van der Waals surface area contributed by atoms with Crippen molar-refractivity contribution in [3.05, 3.63) is 58.8 Å². The number of benzene rings is 1. The minimum Gasteiger partial charge on any atom is -0.265 e. The topological polar surface area (TPSA) is 12.9 Å². The van der Waals surface area contributed by atoms with Crippen LogP contribution in [0.4, 0.5) is 0 Å². The Morgan fingerprint density at radius 1 is 1.13 bits per heavy atom. The number of aromatic nitrogens is 1. The van der Waals surface area contributed by atoms with Crippen LogP contribution in [0.15, 0.2) is 58.2 Å². The van der Waals surface area contributed by atoms with E-state index in [1.807, 2.05) is 42.4 Å². The number of rotatable bonds is 3. The number of halogens is 1. The lowest BCUT2D eigenvalue weighted by Crippen LogP contribution is -1.80. The molecule has 0 bridgehead atoms. The Morgan fingerprint density at radius 3 is 2.67 bits per heavy atom. The first-order chi connectivity index (χ1) is 7.34. The van der Waals surface area contributed by atoms with Gasteiger partial charge in [0.25, 0.3) is 0 Å². The summed E-state index contributed by atoms with van der Waals surface area (Å²) in [5.74, 6) is 0.990. The minimum absolute atomic E-state index is 0.990. The van der Waals surface area contributed by atoms with Crippen molar-refractivity contribution in [3.8, 4) is 0 Å². The molecule has 0 amide bonds. The van der Waals surface area contributed by atoms with Crippen LogP contribution in [-0.4, -0.2) is 4.98 Å². The Balaban J connectivity index is 1.99. The van der Waals surface area contributed by atoms with Crippen molar-refractivity contribution in [1.82, 2.24) is 4.98 Å². The highest BCUT2D eigenvalue weighted by molar-refractivity contribution is 9.10. The Kier molecular flexibility index (Phi) is 3.80. The van der Waals surface area contributed by atoms with E-state index in [0.717, 1.165) is 10.2 Å². The fraction of sp³-hybridized carbons (Fsp3) is 0.0833. The van der Waals surface area contributed by atoms with Gasteiger partial charge in [0.1, 0.15) is 0 Å². The maximum atomic E-state index is 3.99. The second kappa shape index (κ2) is 5.33. The molecule has 0 saturated carbocycles. The summed E-state index contributed by atoms with van der Waals surface area (Å²) in [6.07, 6.45) is 3.65. The molecule has 0 atom stereocenters. The molecule has 15 heavy (non-hydrogen) atoms. The van der Waals surface area contributed by atoms with Gasteiger partial charge in [-0.15, -0.1) is 11.8 Å². The molecule has 0 radical (unpaired) electrons. The molecule has 1 aromatic carbocycles. The zero-order valence-electron chi connectivity index (χ0n) is 8.06. The van der Waals surface area contributed by atoms with Gasteiger partial charge in [0.05, 0.1) is 0 Å². The standard InChI is InChI=1S/C12H10BrNS/c13-11-3-1-2-10(8-11)9-15-12-4-6-14-7-5-12/h1-8H,9H2. The Labute approximate surface area is 102 Å². The van der Waals surface area contributed by atoms with Crippen LogP contribution in [-0.2, 0) is 5.75 Å². The van der Waals surface area contributed by atoms with E-state index in [2.05, 4.69) is 39.1 Å². The van der Waals surface area contributed by atoms with Crippen LogP contribution in [0.3, 0.4) is 0 Å². The number of nitrogens with zero attached hydrogens (tertiary/aromatic N) is 1. The largest absolute Gasteiger partial charge is 0.265 e. The summed E-state index contributed by atoms with van der Waals surface area (Å²) in [4.78, 5) is 5.25. The zero-order valence-corrected chi connectivity index (χ0v) is 10.5. The Hall–Kier alpha value is -0.800. The molecule has 1 aromatic heterocycles. The Bertz CT molecular complexity index is 431. The second-order valence-electron chi connectivity index (χ2n) is 3.10. The van der Waals surface area contributed by atoms with Crippen LogP contribution >= 0.6 is 27.7 Å². The van der Waals surface area contributed by atoms with E-state index in [1.165, 1.54) is 10.5 Å². The lowest BCUT2D eigenvalue weighted by Gasteiger charge is -2.01. The smallest absolute Gasteiger partial charge is 0.0278 e. The van der Waals surface area contributed by atoms with Gasteiger partial charge in [-0.3, -0.25) is 4.98 Å². The fourth-order valence-corrected chi connectivity index (χ4v) is 2.50. The van der Waals surface area contributed by atoms with Crippen LogP contribution in [0.2, 0.25) is 0 Å². The van der Waals surface area contributed by atoms with Crippen molar-refractivity contribution in [2.45, 2.75) is 10.6 Å². The van der Waals surface area contributed by atoms with Crippen LogP contribution in [0.25, 0.3) is 0 Å². The third-order valence-corrected chi connectivity index (χ3v) is 3.52. The SMILES string of the molecule is Brc1cccc(CSc2ccncc2)c1. The predicted octanol–water partition coefficient (Wildman–Crippen LogP) is 4.14. The zero-order chi connectivity index (χ0) is 10.5. The van der Waals surface area contributed by atoms with E-state index in [4.69, 9.17) is 0 Å². The highest BCUT2D eigenvalue weighted by Gasteiger charge is 1.96. The number of hydrogen-bond donors (Lipinski definition) is 0. The fourth-order valence-electron chi connectivity index (χ4n) is 1.23. The van der Waals surface area contributed by atoms with Crippen molar-refractivity contribution in [2.24, 2.45) is 0 Å². The van der Waals surface area contributed by atoms with E-state index in [0.29, 0.717) is 0 Å². The first-order valence-corrected chi connectivity index (χ1v) is 6.40. The lowest BCUT2D eigenvalue weighted by molar-refractivity contribution is 1.26. The number of pyridine rings is 1. The van der Waals surface area contributed by atoms with Gasteiger partial charge in [-0.05, 0) is 29.8 Å². The molecular weight excluding hydrogens is 270 g/mol. The number of thioether (sulfide) groups is 1. The third-order valence-electron chi connectivity index (χ3n) is 1.94. The van der Waals surface area contributed by atoms with Crippen molar-refractivity contribution < 1.29 is 0 Å². The maximum absolute atomic E-state index is 3.99. The second-order valence-corrected chi connectivity index (χ2v) is 5.07. The normalized spacial score (nSPS) is 10.2. The van der Waals surface area contributed by atoms with Gasteiger partial charge in [-0.2, -0.15) is 0 Å². The predicted molar refractivity (Wildman–Crippen MR) is 67.9 cm³/mol. The molecule has 0 saturated heterocycles. The molecule has 2 aromatic rings. The van der Waals surface area contributed by atoms with Crippen molar-refractivity contribution >= 4 is 27.7 Å². The van der Waals surface area contributed by atoms with Gasteiger partial charge in [0, 0.05) is 27.5 Å². The van der Waals surface area contributed by atoms with E-state index in [-0.39, 0.29) is 0 Å². The molecule has 0 aliphatic heterocycles. The molecule has 0 aliphatic rings. The molecular formula is C12H10BrNS.